The number of anilines is 1. The molecule has 0 bridgehead atoms. The molecule has 1 aliphatic rings. The Balaban J connectivity index is 1.99. The summed E-state index contributed by atoms with van der Waals surface area (Å²) < 4.78 is 10.4. The molecule has 24 heavy (non-hydrogen) atoms. The number of amides is 2. The van der Waals surface area contributed by atoms with Crippen molar-refractivity contribution in [3.8, 4) is 5.75 Å². The van der Waals surface area contributed by atoms with Gasteiger partial charge in [0.2, 0.25) is 0 Å². The van der Waals surface area contributed by atoms with Gasteiger partial charge in [-0.05, 0) is 18.2 Å². The number of rotatable bonds is 5. The van der Waals surface area contributed by atoms with Gasteiger partial charge in [-0.2, -0.15) is 0 Å². The average molecular weight is 366 g/mol. The largest absolute Gasteiger partial charge is 0.490 e. The summed E-state index contributed by atoms with van der Waals surface area (Å²) in [5.74, 6) is -0.532. The maximum atomic E-state index is 12.6. The Morgan fingerprint density at radius 1 is 0.958 bits per heavy atom. The zero-order valence-corrected chi connectivity index (χ0v) is 14.2. The zero-order valence-electron chi connectivity index (χ0n) is 12.7. The predicted molar refractivity (Wildman–Crippen MR) is 91.4 cm³/mol. The van der Waals surface area contributed by atoms with Crippen LogP contribution in [0.3, 0.4) is 0 Å². The summed E-state index contributed by atoms with van der Waals surface area (Å²) in [7, 11) is 1.55. The quantitative estimate of drug-likeness (QED) is 0.596. The lowest BCUT2D eigenvalue weighted by atomic mass is 10.1. The van der Waals surface area contributed by atoms with Crippen LogP contribution in [0.15, 0.2) is 36.4 Å². The number of carbonyl (C=O) groups excluding carboxylic acids is 2. The first-order valence-corrected chi connectivity index (χ1v) is 7.88. The molecule has 0 fully saturated rings. The molecule has 0 saturated carbocycles. The molecule has 2 aromatic carbocycles. The molecule has 1 aliphatic heterocycles. The van der Waals surface area contributed by atoms with Crippen LogP contribution in [-0.4, -0.2) is 32.1 Å². The highest BCUT2D eigenvalue weighted by molar-refractivity contribution is 6.41. The normalized spacial score (nSPS) is 13.4. The third-order valence-electron chi connectivity index (χ3n) is 3.58. The number of halogens is 2. The molecule has 0 aromatic heterocycles. The summed E-state index contributed by atoms with van der Waals surface area (Å²) in [5, 5.41) is 0.477. The number of ether oxygens (including phenoxy) is 2. The van der Waals surface area contributed by atoms with Crippen LogP contribution < -0.4 is 9.64 Å². The second kappa shape index (κ2) is 6.81. The molecule has 2 amide bonds. The predicted octanol–water partition coefficient (Wildman–Crippen LogP) is 3.82. The van der Waals surface area contributed by atoms with Crippen molar-refractivity contribution in [2.45, 2.75) is 0 Å². The van der Waals surface area contributed by atoms with Gasteiger partial charge in [-0.15, -0.1) is 0 Å². The molecule has 0 atom stereocenters. The van der Waals surface area contributed by atoms with Crippen LogP contribution in [0.25, 0.3) is 0 Å². The van der Waals surface area contributed by atoms with E-state index >= 15 is 0 Å². The maximum absolute atomic E-state index is 12.6. The fourth-order valence-corrected chi connectivity index (χ4v) is 2.97. The molecule has 5 nitrogen and oxygen atoms in total. The number of imide groups is 1. The number of hydrogen-bond acceptors (Lipinski definition) is 4. The van der Waals surface area contributed by atoms with Crippen LogP contribution in [0.5, 0.6) is 5.75 Å². The van der Waals surface area contributed by atoms with Crippen molar-refractivity contribution in [2.75, 3.05) is 25.2 Å². The van der Waals surface area contributed by atoms with Gasteiger partial charge in [0.1, 0.15) is 12.4 Å². The van der Waals surface area contributed by atoms with Crippen molar-refractivity contribution < 1.29 is 19.1 Å². The molecule has 0 radical (unpaired) electrons. The van der Waals surface area contributed by atoms with E-state index in [1.54, 1.807) is 31.4 Å². The first-order chi connectivity index (χ1) is 11.5. The van der Waals surface area contributed by atoms with E-state index in [1.165, 1.54) is 12.1 Å². The summed E-state index contributed by atoms with van der Waals surface area (Å²) in [6.07, 6.45) is 0. The molecule has 0 aliphatic carbocycles. The van der Waals surface area contributed by atoms with Crippen molar-refractivity contribution >= 4 is 40.7 Å². The van der Waals surface area contributed by atoms with E-state index in [4.69, 9.17) is 32.7 Å². The average Bonchev–Trinajstić information content (AvgIpc) is 2.82. The minimum absolute atomic E-state index is 0.189. The van der Waals surface area contributed by atoms with Gasteiger partial charge in [-0.3, -0.25) is 9.59 Å². The molecule has 0 unspecified atom stereocenters. The molecule has 1 heterocycles. The molecule has 0 N–H and O–H groups in total. The monoisotopic (exact) mass is 365 g/mol. The smallest absolute Gasteiger partial charge is 0.266 e. The van der Waals surface area contributed by atoms with Crippen molar-refractivity contribution in [1.29, 1.82) is 0 Å². The highest BCUT2D eigenvalue weighted by atomic mass is 35.5. The Bertz CT molecular complexity index is 787. The van der Waals surface area contributed by atoms with Gasteiger partial charge in [0.25, 0.3) is 11.8 Å². The molecule has 2 aromatic rings. The number of fused-ring (bicyclic) bond motifs is 1. The molecule has 3 rings (SSSR count). The highest BCUT2D eigenvalue weighted by Gasteiger charge is 2.37. The van der Waals surface area contributed by atoms with Crippen LogP contribution in [-0.2, 0) is 4.74 Å². The first kappa shape index (κ1) is 16.8. The topological polar surface area (TPSA) is 55.8 Å². The standard InChI is InChI=1S/C17H13Cl2NO4/c1-23-6-7-24-15-9-14(12(18)8-13(15)19)20-16(21)10-4-2-3-5-11(10)17(20)22/h2-5,8-9H,6-7H2,1H3. The zero-order chi connectivity index (χ0) is 17.3. The molecular weight excluding hydrogens is 353 g/mol. The van der Waals surface area contributed by atoms with Crippen molar-refractivity contribution in [1.82, 2.24) is 0 Å². The third-order valence-corrected chi connectivity index (χ3v) is 4.18. The number of benzene rings is 2. The van der Waals surface area contributed by atoms with Crippen LogP contribution in [0, 0.1) is 0 Å². The summed E-state index contributed by atoms with van der Waals surface area (Å²) in [6.45, 7) is 0.653. The van der Waals surface area contributed by atoms with E-state index in [0.717, 1.165) is 4.90 Å². The van der Waals surface area contributed by atoms with E-state index < -0.39 is 11.8 Å². The third kappa shape index (κ3) is 2.86. The number of methoxy groups -OCH3 is 1. The van der Waals surface area contributed by atoms with Crippen molar-refractivity contribution in [3.63, 3.8) is 0 Å². The second-order valence-electron chi connectivity index (χ2n) is 5.07. The number of nitrogens with zero attached hydrogens (tertiary/aromatic N) is 1. The van der Waals surface area contributed by atoms with Gasteiger partial charge in [-0.25, -0.2) is 4.90 Å². The van der Waals surface area contributed by atoms with E-state index in [-0.39, 0.29) is 22.3 Å². The minimum Gasteiger partial charge on any atom is -0.490 e. The number of carbonyl (C=O) groups is 2. The summed E-state index contributed by atoms with van der Waals surface area (Å²) >= 11 is 12.3. The molecule has 0 saturated heterocycles. The maximum Gasteiger partial charge on any atom is 0.266 e. The Morgan fingerprint density at radius 3 is 2.17 bits per heavy atom. The van der Waals surface area contributed by atoms with Crippen molar-refractivity contribution in [2.24, 2.45) is 0 Å². The molecule has 7 heteroatoms. The molecule has 0 spiro atoms. The summed E-state index contributed by atoms with van der Waals surface area (Å²) in [5.41, 5.74) is 0.922. The first-order valence-electron chi connectivity index (χ1n) is 7.13. The lowest BCUT2D eigenvalue weighted by Crippen LogP contribution is -2.29. The van der Waals surface area contributed by atoms with Crippen LogP contribution in [0.1, 0.15) is 20.7 Å². The van der Waals surface area contributed by atoms with Crippen LogP contribution in [0.4, 0.5) is 5.69 Å². The lowest BCUT2D eigenvalue weighted by Gasteiger charge is -2.18. The molecular formula is C17H13Cl2NO4. The van der Waals surface area contributed by atoms with Gasteiger partial charge in [-0.1, -0.05) is 35.3 Å². The minimum atomic E-state index is -0.428. The summed E-state index contributed by atoms with van der Waals surface area (Å²) in [4.78, 5) is 26.2. The highest BCUT2D eigenvalue weighted by Crippen LogP contribution is 2.39. The fraction of sp³-hybridized carbons (Fsp3) is 0.176. The lowest BCUT2D eigenvalue weighted by molar-refractivity contribution is 0.0926. The van der Waals surface area contributed by atoms with Crippen LogP contribution in [0.2, 0.25) is 10.0 Å². The van der Waals surface area contributed by atoms with Gasteiger partial charge in [0.05, 0.1) is 33.5 Å². The van der Waals surface area contributed by atoms with Gasteiger partial charge in [0.15, 0.2) is 0 Å². The second-order valence-corrected chi connectivity index (χ2v) is 5.88. The Kier molecular flexibility index (Phi) is 4.76. The fourth-order valence-electron chi connectivity index (χ4n) is 2.44. The van der Waals surface area contributed by atoms with Gasteiger partial charge < -0.3 is 9.47 Å². The number of hydrogen-bond donors (Lipinski definition) is 0. The Morgan fingerprint density at radius 2 is 1.58 bits per heavy atom. The van der Waals surface area contributed by atoms with Gasteiger partial charge in [0, 0.05) is 13.2 Å². The van der Waals surface area contributed by atoms with Gasteiger partial charge >= 0.3 is 0 Å². The Hall–Kier alpha value is -2.08. The molecule has 124 valence electrons. The SMILES string of the molecule is COCCOc1cc(N2C(=O)c3ccccc3C2=O)c(Cl)cc1Cl. The van der Waals surface area contributed by atoms with E-state index in [9.17, 15) is 9.59 Å². The van der Waals surface area contributed by atoms with E-state index in [2.05, 4.69) is 0 Å². The van der Waals surface area contributed by atoms with Crippen LogP contribution >= 0.6 is 23.2 Å². The van der Waals surface area contributed by atoms with E-state index in [1.807, 2.05) is 0 Å². The van der Waals surface area contributed by atoms with E-state index in [0.29, 0.717) is 23.5 Å². The Labute approximate surface area is 148 Å². The van der Waals surface area contributed by atoms with Crippen molar-refractivity contribution in [3.05, 3.63) is 57.6 Å². The summed E-state index contributed by atoms with van der Waals surface area (Å²) in [6, 6.07) is 9.56.